The molecule has 0 spiro atoms. The van der Waals surface area contributed by atoms with Gasteiger partial charge in [-0.05, 0) is 30.5 Å². The molecule has 1 aromatic rings. The molecule has 0 amide bonds. The molecular weight excluding hydrogens is 168 g/mol. The minimum absolute atomic E-state index is 0.151. The van der Waals surface area contributed by atoms with Crippen LogP contribution in [-0.2, 0) is 6.42 Å². The van der Waals surface area contributed by atoms with Gasteiger partial charge >= 0.3 is 0 Å². The van der Waals surface area contributed by atoms with Crippen LogP contribution < -0.4 is 4.74 Å². The minimum atomic E-state index is 0.151. The maximum atomic E-state index is 9.40. The average Bonchev–Trinajstić information content (AvgIpc) is 2.15. The van der Waals surface area contributed by atoms with Gasteiger partial charge in [0.15, 0.2) is 11.5 Å². The second-order valence-electron chi connectivity index (χ2n) is 2.83. The Hall–Kier alpha value is -1.22. The van der Waals surface area contributed by atoms with Crippen LogP contribution in [0.25, 0.3) is 0 Å². The molecule has 0 bridgehead atoms. The van der Waals surface area contributed by atoms with Gasteiger partial charge in [0.1, 0.15) is 0 Å². The van der Waals surface area contributed by atoms with Crippen LogP contribution in [-0.4, -0.2) is 23.9 Å². The molecule has 0 heterocycles. The molecule has 1 rings (SSSR count). The number of benzene rings is 1. The Kier molecular flexibility index (Phi) is 3.58. The molecule has 3 heteroatoms. The highest BCUT2D eigenvalue weighted by Crippen LogP contribution is 2.26. The zero-order valence-electron chi connectivity index (χ0n) is 7.66. The van der Waals surface area contributed by atoms with Gasteiger partial charge in [0.05, 0.1) is 7.11 Å². The van der Waals surface area contributed by atoms with E-state index in [1.54, 1.807) is 12.1 Å². The third kappa shape index (κ3) is 2.63. The van der Waals surface area contributed by atoms with Gasteiger partial charge in [-0.3, -0.25) is 0 Å². The highest BCUT2D eigenvalue weighted by atomic mass is 16.5. The Labute approximate surface area is 77.6 Å². The first-order valence-corrected chi connectivity index (χ1v) is 4.24. The lowest BCUT2D eigenvalue weighted by atomic mass is 10.1. The van der Waals surface area contributed by atoms with E-state index in [9.17, 15) is 5.11 Å². The Bertz CT molecular complexity index is 271. The van der Waals surface area contributed by atoms with E-state index < -0.39 is 0 Å². The molecule has 2 N–H and O–H groups in total. The number of hydrogen-bond acceptors (Lipinski definition) is 3. The number of aliphatic hydroxyl groups is 1. The van der Waals surface area contributed by atoms with Gasteiger partial charge in [-0.25, -0.2) is 0 Å². The highest BCUT2D eigenvalue weighted by Gasteiger charge is 2.01. The highest BCUT2D eigenvalue weighted by molar-refractivity contribution is 5.41. The summed E-state index contributed by atoms with van der Waals surface area (Å²) in [5.74, 6) is 0.630. The minimum Gasteiger partial charge on any atom is -0.504 e. The second-order valence-corrected chi connectivity index (χ2v) is 2.83. The summed E-state index contributed by atoms with van der Waals surface area (Å²) in [7, 11) is 1.52. The molecule has 0 saturated heterocycles. The molecular formula is C10H14O3. The molecule has 0 unspecified atom stereocenters. The lowest BCUT2D eigenvalue weighted by Crippen LogP contribution is -1.90. The van der Waals surface area contributed by atoms with Gasteiger partial charge in [0.25, 0.3) is 0 Å². The Morgan fingerprint density at radius 2 is 2.15 bits per heavy atom. The van der Waals surface area contributed by atoms with E-state index in [1.165, 1.54) is 7.11 Å². The van der Waals surface area contributed by atoms with E-state index in [-0.39, 0.29) is 12.4 Å². The van der Waals surface area contributed by atoms with Gasteiger partial charge < -0.3 is 14.9 Å². The van der Waals surface area contributed by atoms with Crippen LogP contribution in [0.15, 0.2) is 18.2 Å². The molecule has 0 aliphatic carbocycles. The maximum Gasteiger partial charge on any atom is 0.160 e. The van der Waals surface area contributed by atoms with Gasteiger partial charge in [-0.15, -0.1) is 0 Å². The number of aliphatic hydroxyl groups excluding tert-OH is 1. The fraction of sp³-hybridized carbons (Fsp3) is 0.400. The quantitative estimate of drug-likeness (QED) is 0.738. The maximum absolute atomic E-state index is 9.40. The zero-order valence-corrected chi connectivity index (χ0v) is 7.66. The van der Waals surface area contributed by atoms with Crippen molar-refractivity contribution in [2.24, 2.45) is 0 Å². The van der Waals surface area contributed by atoms with E-state index in [2.05, 4.69) is 0 Å². The van der Waals surface area contributed by atoms with Crippen molar-refractivity contribution in [2.75, 3.05) is 13.7 Å². The Morgan fingerprint density at radius 1 is 1.38 bits per heavy atom. The number of hydrogen-bond donors (Lipinski definition) is 2. The van der Waals surface area contributed by atoms with Crippen molar-refractivity contribution >= 4 is 0 Å². The smallest absolute Gasteiger partial charge is 0.160 e. The largest absolute Gasteiger partial charge is 0.504 e. The Balaban J connectivity index is 2.71. The number of aromatic hydroxyl groups is 1. The fourth-order valence-corrected chi connectivity index (χ4v) is 1.17. The van der Waals surface area contributed by atoms with E-state index in [4.69, 9.17) is 9.84 Å². The van der Waals surface area contributed by atoms with Crippen LogP contribution in [0.1, 0.15) is 12.0 Å². The summed E-state index contributed by atoms with van der Waals surface area (Å²) in [6.45, 7) is 0.173. The second kappa shape index (κ2) is 4.72. The van der Waals surface area contributed by atoms with Crippen LogP contribution in [0.3, 0.4) is 0 Å². The fourth-order valence-electron chi connectivity index (χ4n) is 1.17. The van der Waals surface area contributed by atoms with Crippen molar-refractivity contribution in [3.63, 3.8) is 0 Å². The van der Waals surface area contributed by atoms with Crippen LogP contribution in [0.4, 0.5) is 0 Å². The molecule has 72 valence electrons. The van der Waals surface area contributed by atoms with E-state index in [0.29, 0.717) is 12.2 Å². The van der Waals surface area contributed by atoms with Crippen molar-refractivity contribution in [1.29, 1.82) is 0 Å². The summed E-state index contributed by atoms with van der Waals surface area (Å²) in [6, 6.07) is 5.27. The van der Waals surface area contributed by atoms with E-state index in [1.807, 2.05) is 6.07 Å². The summed E-state index contributed by atoms with van der Waals surface area (Å²) in [5.41, 5.74) is 1.01. The SMILES string of the molecule is COc1ccc(CCCO)cc1O. The first-order chi connectivity index (χ1) is 6.27. The van der Waals surface area contributed by atoms with E-state index >= 15 is 0 Å². The summed E-state index contributed by atoms with van der Waals surface area (Å²) in [5, 5.41) is 18.0. The first kappa shape index (κ1) is 9.86. The molecule has 0 aliphatic rings. The summed E-state index contributed by atoms with van der Waals surface area (Å²) < 4.78 is 4.91. The normalized spacial score (nSPS) is 10.0. The van der Waals surface area contributed by atoms with Crippen molar-refractivity contribution in [3.8, 4) is 11.5 Å². The van der Waals surface area contributed by atoms with Crippen molar-refractivity contribution in [2.45, 2.75) is 12.8 Å². The van der Waals surface area contributed by atoms with Gasteiger partial charge in [-0.2, -0.15) is 0 Å². The number of phenolic OH excluding ortho intramolecular Hbond substituents is 1. The van der Waals surface area contributed by atoms with Gasteiger partial charge in [0.2, 0.25) is 0 Å². The van der Waals surface area contributed by atoms with Gasteiger partial charge in [0, 0.05) is 6.61 Å². The zero-order chi connectivity index (χ0) is 9.68. The number of rotatable bonds is 4. The molecule has 0 aliphatic heterocycles. The molecule has 0 saturated carbocycles. The summed E-state index contributed by atoms with van der Waals surface area (Å²) in [6.07, 6.45) is 1.49. The molecule has 0 aromatic heterocycles. The third-order valence-corrected chi connectivity index (χ3v) is 1.87. The summed E-state index contributed by atoms with van der Waals surface area (Å²) >= 11 is 0. The molecule has 1 aromatic carbocycles. The monoisotopic (exact) mass is 182 g/mol. The lowest BCUT2D eigenvalue weighted by Gasteiger charge is -2.05. The number of aryl methyl sites for hydroxylation is 1. The van der Waals surface area contributed by atoms with Crippen LogP contribution in [0.5, 0.6) is 11.5 Å². The number of phenols is 1. The van der Waals surface area contributed by atoms with Crippen molar-refractivity contribution in [3.05, 3.63) is 23.8 Å². The van der Waals surface area contributed by atoms with Crippen LogP contribution in [0.2, 0.25) is 0 Å². The predicted molar refractivity (Wildman–Crippen MR) is 50.1 cm³/mol. The van der Waals surface area contributed by atoms with Crippen LogP contribution in [0, 0.1) is 0 Å². The van der Waals surface area contributed by atoms with E-state index in [0.717, 1.165) is 12.0 Å². The lowest BCUT2D eigenvalue weighted by molar-refractivity contribution is 0.288. The first-order valence-electron chi connectivity index (χ1n) is 4.24. The average molecular weight is 182 g/mol. The number of methoxy groups -OCH3 is 1. The topological polar surface area (TPSA) is 49.7 Å². The number of ether oxygens (including phenoxy) is 1. The molecule has 13 heavy (non-hydrogen) atoms. The van der Waals surface area contributed by atoms with Crippen molar-refractivity contribution in [1.82, 2.24) is 0 Å². The third-order valence-electron chi connectivity index (χ3n) is 1.87. The predicted octanol–water partition coefficient (Wildman–Crippen LogP) is 1.33. The molecule has 0 radical (unpaired) electrons. The van der Waals surface area contributed by atoms with Crippen LogP contribution >= 0.6 is 0 Å². The molecule has 0 fully saturated rings. The summed E-state index contributed by atoms with van der Waals surface area (Å²) in [4.78, 5) is 0. The Morgan fingerprint density at radius 3 is 2.69 bits per heavy atom. The molecule has 0 atom stereocenters. The standard InChI is InChI=1S/C10H14O3/c1-13-10-5-4-8(3-2-6-11)7-9(10)12/h4-5,7,11-12H,2-3,6H2,1H3. The van der Waals surface area contributed by atoms with Crippen molar-refractivity contribution < 1.29 is 14.9 Å². The van der Waals surface area contributed by atoms with Gasteiger partial charge in [-0.1, -0.05) is 6.07 Å². The molecule has 3 nitrogen and oxygen atoms in total.